The monoisotopic (exact) mass is 423 g/mol. The van der Waals surface area contributed by atoms with Gasteiger partial charge in [0.25, 0.3) is 0 Å². The molecule has 7 nitrogen and oxygen atoms in total. The van der Waals surface area contributed by atoms with Crippen molar-refractivity contribution in [3.63, 3.8) is 0 Å². The van der Waals surface area contributed by atoms with Crippen molar-refractivity contribution in [2.45, 2.75) is 23.5 Å². The highest BCUT2D eigenvalue weighted by Crippen LogP contribution is 2.39. The fourth-order valence-corrected chi connectivity index (χ4v) is 6.75. The van der Waals surface area contributed by atoms with Crippen LogP contribution in [-0.4, -0.2) is 57.9 Å². The van der Waals surface area contributed by atoms with Gasteiger partial charge in [0, 0.05) is 36.9 Å². The molecule has 3 heterocycles. The summed E-state index contributed by atoms with van der Waals surface area (Å²) in [6.45, 7) is 1.60. The van der Waals surface area contributed by atoms with E-state index in [0.717, 1.165) is 16.9 Å². The smallest absolute Gasteiger partial charge is 0.349 e. The molecule has 28 heavy (non-hydrogen) atoms. The van der Waals surface area contributed by atoms with Gasteiger partial charge in [-0.3, -0.25) is 0 Å². The van der Waals surface area contributed by atoms with Crippen LogP contribution in [0.1, 0.15) is 22.5 Å². The molecule has 9 heteroatoms. The van der Waals surface area contributed by atoms with Crippen LogP contribution >= 0.6 is 11.3 Å². The van der Waals surface area contributed by atoms with Crippen molar-refractivity contribution >= 4 is 27.3 Å². The normalized spacial score (nSPS) is 19.8. The lowest BCUT2D eigenvalue weighted by Gasteiger charge is -2.36. The van der Waals surface area contributed by atoms with Gasteiger partial charge in [-0.25, -0.2) is 13.2 Å². The molecule has 4 rings (SSSR count). The number of thiophene rings is 1. The topological polar surface area (TPSA) is 82.1 Å². The SMILES string of the molecule is COC(=O)c1scc(-c2ccccc2)c1S(=O)(=O)N1CCC2(CC1)OCCO2. The molecule has 1 aromatic heterocycles. The number of carbonyl (C=O) groups is 1. The Morgan fingerprint density at radius 3 is 2.39 bits per heavy atom. The quantitative estimate of drug-likeness (QED) is 0.704. The van der Waals surface area contributed by atoms with Crippen molar-refractivity contribution in [1.29, 1.82) is 0 Å². The molecule has 0 unspecified atom stereocenters. The number of hydrogen-bond acceptors (Lipinski definition) is 7. The van der Waals surface area contributed by atoms with E-state index in [9.17, 15) is 13.2 Å². The van der Waals surface area contributed by atoms with Crippen LogP contribution in [0.4, 0.5) is 0 Å². The molecule has 0 radical (unpaired) electrons. The zero-order valence-corrected chi connectivity index (χ0v) is 17.1. The first kappa shape index (κ1) is 19.5. The summed E-state index contributed by atoms with van der Waals surface area (Å²) in [5, 5.41) is 1.70. The molecule has 2 fully saturated rings. The van der Waals surface area contributed by atoms with E-state index in [1.807, 2.05) is 30.3 Å². The molecule has 0 atom stereocenters. The first-order valence-electron chi connectivity index (χ1n) is 9.00. The van der Waals surface area contributed by atoms with E-state index in [2.05, 4.69) is 0 Å². The molecule has 150 valence electrons. The number of sulfonamides is 1. The molecule has 0 aliphatic carbocycles. The summed E-state index contributed by atoms with van der Waals surface area (Å²) in [5.74, 6) is -1.32. The summed E-state index contributed by atoms with van der Waals surface area (Å²) in [6, 6.07) is 9.18. The number of piperidine rings is 1. The molecule has 1 spiro atoms. The third-order valence-electron chi connectivity index (χ3n) is 5.10. The first-order valence-corrected chi connectivity index (χ1v) is 11.3. The number of carbonyl (C=O) groups excluding carboxylic acids is 1. The predicted molar refractivity (Wildman–Crippen MR) is 104 cm³/mol. The molecule has 2 saturated heterocycles. The van der Waals surface area contributed by atoms with Crippen molar-refractivity contribution < 1.29 is 27.4 Å². The number of rotatable bonds is 4. The molecule has 2 aromatic rings. The Morgan fingerprint density at radius 2 is 1.79 bits per heavy atom. The minimum absolute atomic E-state index is 0.0137. The second kappa shape index (κ2) is 7.57. The maximum absolute atomic E-state index is 13.5. The van der Waals surface area contributed by atoms with E-state index in [1.165, 1.54) is 11.4 Å². The molecule has 0 bridgehead atoms. The average molecular weight is 424 g/mol. The van der Waals surface area contributed by atoms with Crippen LogP contribution in [0.15, 0.2) is 40.6 Å². The van der Waals surface area contributed by atoms with Crippen LogP contribution in [-0.2, 0) is 24.2 Å². The second-order valence-corrected chi connectivity index (χ2v) is 9.43. The van der Waals surface area contributed by atoms with Gasteiger partial charge in [-0.05, 0) is 5.56 Å². The Balaban J connectivity index is 1.72. The van der Waals surface area contributed by atoms with Gasteiger partial charge in [-0.1, -0.05) is 30.3 Å². The maximum atomic E-state index is 13.5. The lowest BCUT2D eigenvalue weighted by molar-refractivity contribution is -0.179. The van der Waals surface area contributed by atoms with Crippen LogP contribution in [0.5, 0.6) is 0 Å². The fourth-order valence-electron chi connectivity index (χ4n) is 3.64. The van der Waals surface area contributed by atoms with Gasteiger partial charge in [0.15, 0.2) is 5.79 Å². The molecule has 0 amide bonds. The number of ether oxygens (including phenoxy) is 3. The Kier molecular flexibility index (Phi) is 5.28. The van der Waals surface area contributed by atoms with E-state index in [1.54, 1.807) is 5.38 Å². The minimum atomic E-state index is -3.90. The summed E-state index contributed by atoms with van der Waals surface area (Å²) in [4.78, 5) is 12.4. The van der Waals surface area contributed by atoms with Crippen molar-refractivity contribution in [3.05, 3.63) is 40.6 Å². The zero-order valence-electron chi connectivity index (χ0n) is 15.4. The lowest BCUT2D eigenvalue weighted by Crippen LogP contribution is -2.47. The standard InChI is InChI=1S/C19H21NO6S2/c1-24-18(21)16-17(15(13-27-16)14-5-3-2-4-6-14)28(22,23)20-9-7-19(8-10-20)25-11-12-26-19/h2-6,13H,7-12H2,1H3. The van der Waals surface area contributed by atoms with Crippen molar-refractivity contribution in [2.24, 2.45) is 0 Å². The Hall–Kier alpha value is -1.78. The highest BCUT2D eigenvalue weighted by molar-refractivity contribution is 7.89. The first-order chi connectivity index (χ1) is 13.5. The summed E-state index contributed by atoms with van der Waals surface area (Å²) in [5.41, 5.74) is 1.25. The van der Waals surface area contributed by atoms with Gasteiger partial charge < -0.3 is 14.2 Å². The average Bonchev–Trinajstić information content (AvgIpc) is 3.36. The molecule has 0 N–H and O–H groups in total. The summed E-state index contributed by atoms with van der Waals surface area (Å²) >= 11 is 1.08. The van der Waals surface area contributed by atoms with E-state index in [4.69, 9.17) is 14.2 Å². The van der Waals surface area contributed by atoms with Gasteiger partial charge in [-0.15, -0.1) is 11.3 Å². The van der Waals surface area contributed by atoms with Gasteiger partial charge in [0.1, 0.15) is 9.77 Å². The van der Waals surface area contributed by atoms with Crippen LogP contribution in [0.3, 0.4) is 0 Å². The highest BCUT2D eigenvalue weighted by atomic mass is 32.2. The molecule has 2 aliphatic heterocycles. The van der Waals surface area contributed by atoms with Crippen LogP contribution in [0.25, 0.3) is 11.1 Å². The van der Waals surface area contributed by atoms with Crippen LogP contribution in [0, 0.1) is 0 Å². The molecule has 1 aromatic carbocycles. The maximum Gasteiger partial charge on any atom is 0.349 e. The largest absolute Gasteiger partial charge is 0.465 e. The van der Waals surface area contributed by atoms with E-state index < -0.39 is 21.8 Å². The van der Waals surface area contributed by atoms with Gasteiger partial charge in [0.2, 0.25) is 10.0 Å². The van der Waals surface area contributed by atoms with Gasteiger partial charge >= 0.3 is 5.97 Å². The highest BCUT2D eigenvalue weighted by Gasteiger charge is 2.44. The zero-order chi connectivity index (χ0) is 19.8. The number of benzene rings is 1. The Morgan fingerprint density at radius 1 is 1.14 bits per heavy atom. The van der Waals surface area contributed by atoms with E-state index in [-0.39, 0.29) is 22.9 Å². The summed E-state index contributed by atoms with van der Waals surface area (Å²) in [6.07, 6.45) is 0.926. The fraction of sp³-hybridized carbons (Fsp3) is 0.421. The van der Waals surface area contributed by atoms with E-state index >= 15 is 0 Å². The number of methoxy groups -OCH3 is 1. The van der Waals surface area contributed by atoms with Crippen LogP contribution < -0.4 is 0 Å². The number of esters is 1. The minimum Gasteiger partial charge on any atom is -0.465 e. The third-order valence-corrected chi connectivity index (χ3v) is 8.17. The molecule has 2 aliphatic rings. The molecular formula is C19H21NO6S2. The summed E-state index contributed by atoms with van der Waals surface area (Å²) in [7, 11) is -2.65. The van der Waals surface area contributed by atoms with E-state index in [0.29, 0.717) is 31.6 Å². The predicted octanol–water partition coefficient (Wildman–Crippen LogP) is 2.73. The number of hydrogen-bond donors (Lipinski definition) is 0. The van der Waals surface area contributed by atoms with Crippen molar-refractivity contribution in [2.75, 3.05) is 33.4 Å². The lowest BCUT2D eigenvalue weighted by atomic mass is 10.1. The number of nitrogens with zero attached hydrogens (tertiary/aromatic N) is 1. The van der Waals surface area contributed by atoms with Crippen LogP contribution in [0.2, 0.25) is 0 Å². The van der Waals surface area contributed by atoms with Gasteiger partial charge in [-0.2, -0.15) is 4.31 Å². The Labute approximate surface area is 167 Å². The molecule has 0 saturated carbocycles. The molecular weight excluding hydrogens is 402 g/mol. The summed E-state index contributed by atoms with van der Waals surface area (Å²) < 4.78 is 44.7. The Bertz CT molecular complexity index is 954. The van der Waals surface area contributed by atoms with Gasteiger partial charge in [0.05, 0.1) is 20.3 Å². The second-order valence-electron chi connectivity index (χ2n) is 6.68. The third kappa shape index (κ3) is 3.37. The van der Waals surface area contributed by atoms with Crippen molar-refractivity contribution in [1.82, 2.24) is 4.31 Å². The van der Waals surface area contributed by atoms with Crippen molar-refractivity contribution in [3.8, 4) is 11.1 Å².